The molecule has 0 radical (unpaired) electrons. The second-order valence-corrected chi connectivity index (χ2v) is 6.41. The summed E-state index contributed by atoms with van der Waals surface area (Å²) in [6, 6.07) is 7.33. The monoisotopic (exact) mass is 347 g/mol. The molecule has 1 aromatic rings. The van der Waals surface area contributed by atoms with Crippen molar-refractivity contribution in [3.05, 3.63) is 47.0 Å². The normalized spacial score (nSPS) is 17.9. The molecule has 0 aliphatic carbocycles. The Hall–Kier alpha value is -1.65. The molecule has 1 atom stereocenters. The van der Waals surface area contributed by atoms with E-state index in [-0.39, 0.29) is 17.9 Å². The molecular formula is C19H26ClN3O. The van der Waals surface area contributed by atoms with Crippen LogP contribution in [0.1, 0.15) is 37.8 Å². The van der Waals surface area contributed by atoms with Gasteiger partial charge in [0.2, 0.25) is 5.91 Å². The molecule has 1 unspecified atom stereocenters. The predicted molar refractivity (Wildman–Crippen MR) is 101 cm³/mol. The summed E-state index contributed by atoms with van der Waals surface area (Å²) in [7, 11) is 1.76. The fourth-order valence-electron chi connectivity index (χ4n) is 2.87. The number of aliphatic imine (C=N–C) groups is 1. The summed E-state index contributed by atoms with van der Waals surface area (Å²) < 4.78 is 0. The highest BCUT2D eigenvalue weighted by Crippen LogP contribution is 2.21. The Kier molecular flexibility index (Phi) is 7.47. The Labute approximate surface area is 149 Å². The number of amides is 1. The number of benzene rings is 1. The first-order valence-corrected chi connectivity index (χ1v) is 8.93. The van der Waals surface area contributed by atoms with Crippen molar-refractivity contribution in [2.45, 2.75) is 32.2 Å². The Morgan fingerprint density at radius 3 is 2.62 bits per heavy atom. The van der Waals surface area contributed by atoms with Crippen LogP contribution in [-0.2, 0) is 4.79 Å². The van der Waals surface area contributed by atoms with E-state index in [2.05, 4.69) is 28.6 Å². The van der Waals surface area contributed by atoms with Gasteiger partial charge < -0.3 is 10.6 Å². The molecule has 2 N–H and O–H groups in total. The third kappa shape index (κ3) is 5.18. The van der Waals surface area contributed by atoms with E-state index in [1.54, 1.807) is 7.05 Å². The van der Waals surface area contributed by atoms with E-state index in [1.807, 2.05) is 30.3 Å². The molecule has 2 rings (SSSR count). The van der Waals surface area contributed by atoms with Gasteiger partial charge in [-0.2, -0.15) is 0 Å². The highest BCUT2D eigenvalue weighted by Gasteiger charge is 2.25. The minimum absolute atomic E-state index is 0.0642. The van der Waals surface area contributed by atoms with Crippen molar-refractivity contribution in [3.63, 3.8) is 0 Å². The maximum Gasteiger partial charge on any atom is 0.224 e. The van der Waals surface area contributed by atoms with Gasteiger partial charge in [0.05, 0.1) is 11.8 Å². The summed E-state index contributed by atoms with van der Waals surface area (Å²) >= 11 is 6.00. The van der Waals surface area contributed by atoms with Crippen molar-refractivity contribution in [1.29, 1.82) is 0 Å². The van der Waals surface area contributed by atoms with E-state index < -0.39 is 0 Å². The van der Waals surface area contributed by atoms with Crippen LogP contribution in [-0.4, -0.2) is 31.8 Å². The van der Waals surface area contributed by atoms with Crippen molar-refractivity contribution in [2.24, 2.45) is 10.9 Å². The molecule has 24 heavy (non-hydrogen) atoms. The molecule has 0 saturated carbocycles. The van der Waals surface area contributed by atoms with Crippen molar-refractivity contribution < 1.29 is 4.79 Å². The van der Waals surface area contributed by atoms with E-state index in [1.165, 1.54) is 0 Å². The molecule has 130 valence electrons. The molecule has 1 amide bonds. The molecule has 0 aromatic heterocycles. The van der Waals surface area contributed by atoms with Crippen LogP contribution in [0, 0.1) is 5.92 Å². The summed E-state index contributed by atoms with van der Waals surface area (Å²) in [5.74, 6) is 0.164. The molecule has 1 aliphatic rings. The number of nitrogens with zero attached hydrogens (tertiary/aromatic N) is 1. The van der Waals surface area contributed by atoms with E-state index in [9.17, 15) is 4.79 Å². The Morgan fingerprint density at radius 1 is 1.38 bits per heavy atom. The van der Waals surface area contributed by atoms with E-state index >= 15 is 0 Å². The van der Waals surface area contributed by atoms with Crippen molar-refractivity contribution in [3.8, 4) is 0 Å². The zero-order valence-corrected chi connectivity index (χ0v) is 15.1. The first kappa shape index (κ1) is 18.7. The van der Waals surface area contributed by atoms with Crippen LogP contribution in [0.2, 0.25) is 5.02 Å². The van der Waals surface area contributed by atoms with Crippen LogP contribution < -0.4 is 10.6 Å². The van der Waals surface area contributed by atoms with Crippen molar-refractivity contribution in [2.75, 3.05) is 20.1 Å². The summed E-state index contributed by atoms with van der Waals surface area (Å²) in [6.45, 7) is 3.87. The summed E-state index contributed by atoms with van der Waals surface area (Å²) in [6.07, 6.45) is 6.73. The maximum absolute atomic E-state index is 12.7. The first-order valence-electron chi connectivity index (χ1n) is 8.55. The van der Waals surface area contributed by atoms with Gasteiger partial charge >= 0.3 is 0 Å². The number of halogens is 1. The van der Waals surface area contributed by atoms with Crippen LogP contribution in [0.3, 0.4) is 0 Å². The third-order valence-corrected chi connectivity index (χ3v) is 4.53. The number of nitrogens with one attached hydrogen (secondary N) is 2. The maximum atomic E-state index is 12.7. The van der Waals surface area contributed by atoms with Crippen molar-refractivity contribution in [1.82, 2.24) is 10.6 Å². The zero-order chi connectivity index (χ0) is 17.4. The van der Waals surface area contributed by atoms with Gasteiger partial charge in [0.15, 0.2) is 0 Å². The number of rotatable bonds is 6. The Bertz CT molecular complexity index is 589. The number of carbonyl (C=O) groups excluding carboxylic acids is 1. The van der Waals surface area contributed by atoms with Crippen LogP contribution in [0.25, 0.3) is 0 Å². The number of piperidine rings is 1. The van der Waals surface area contributed by atoms with Crippen LogP contribution >= 0.6 is 11.6 Å². The molecule has 1 fully saturated rings. The number of allylic oxidation sites excluding steroid dienone is 1. The average molecular weight is 348 g/mol. The molecular weight excluding hydrogens is 322 g/mol. The van der Waals surface area contributed by atoms with E-state index in [4.69, 9.17) is 11.6 Å². The van der Waals surface area contributed by atoms with Gasteiger partial charge in [0.1, 0.15) is 0 Å². The van der Waals surface area contributed by atoms with Crippen molar-refractivity contribution >= 4 is 23.2 Å². The molecule has 0 spiro atoms. The smallest absolute Gasteiger partial charge is 0.224 e. The standard InChI is InChI=1S/C19H26ClN3O/c1-3-4-5-17(21-2)18(14-6-8-16(20)9-7-14)23-19(24)15-10-12-22-13-11-15/h4-9,15,18,22H,3,10-13H2,1-2H3,(H,23,24)/b5-4-,21-17?. The number of hydrogen-bond acceptors (Lipinski definition) is 3. The van der Waals surface area contributed by atoms with Crippen LogP contribution in [0.5, 0.6) is 0 Å². The summed E-state index contributed by atoms with van der Waals surface area (Å²) in [4.78, 5) is 17.1. The first-order chi connectivity index (χ1) is 11.7. The lowest BCUT2D eigenvalue weighted by Crippen LogP contribution is -2.41. The van der Waals surface area contributed by atoms with Gasteiger partial charge in [-0.05, 0) is 56.1 Å². The molecule has 0 bridgehead atoms. The molecule has 1 aromatic carbocycles. The zero-order valence-electron chi connectivity index (χ0n) is 14.4. The lowest BCUT2D eigenvalue weighted by Gasteiger charge is -2.26. The molecule has 1 aliphatic heterocycles. The molecule has 1 heterocycles. The Balaban J connectivity index is 2.22. The van der Waals surface area contributed by atoms with Crippen LogP contribution in [0.15, 0.2) is 41.4 Å². The van der Waals surface area contributed by atoms with Gasteiger partial charge in [0.25, 0.3) is 0 Å². The highest BCUT2D eigenvalue weighted by molar-refractivity contribution is 6.30. The second kappa shape index (κ2) is 9.60. The van der Waals surface area contributed by atoms with Gasteiger partial charge in [0, 0.05) is 18.0 Å². The van der Waals surface area contributed by atoms with Gasteiger partial charge in [-0.25, -0.2) is 0 Å². The second-order valence-electron chi connectivity index (χ2n) is 5.98. The van der Waals surface area contributed by atoms with Gasteiger partial charge in [-0.3, -0.25) is 9.79 Å². The number of hydrogen-bond donors (Lipinski definition) is 2. The fraction of sp³-hybridized carbons (Fsp3) is 0.474. The fourth-order valence-corrected chi connectivity index (χ4v) is 2.99. The Morgan fingerprint density at radius 2 is 2.04 bits per heavy atom. The van der Waals surface area contributed by atoms with Gasteiger partial charge in [-0.15, -0.1) is 0 Å². The topological polar surface area (TPSA) is 53.5 Å². The quantitative estimate of drug-likeness (QED) is 0.773. The van der Waals surface area contributed by atoms with Gasteiger partial charge in [-0.1, -0.05) is 36.7 Å². The third-order valence-electron chi connectivity index (χ3n) is 4.28. The molecule has 1 saturated heterocycles. The predicted octanol–water partition coefficient (Wildman–Crippen LogP) is 3.53. The SMILES string of the molecule is CC/C=C\C(=NC)C(NC(=O)C1CCNCC1)c1ccc(Cl)cc1. The lowest BCUT2D eigenvalue weighted by atomic mass is 9.95. The minimum Gasteiger partial charge on any atom is -0.343 e. The minimum atomic E-state index is -0.252. The molecule has 5 heteroatoms. The average Bonchev–Trinajstić information content (AvgIpc) is 2.62. The molecule has 4 nitrogen and oxygen atoms in total. The summed E-state index contributed by atoms with van der Waals surface area (Å²) in [5, 5.41) is 7.17. The largest absolute Gasteiger partial charge is 0.343 e. The highest BCUT2D eigenvalue weighted by atomic mass is 35.5. The number of carbonyl (C=O) groups is 1. The van der Waals surface area contributed by atoms with E-state index in [0.717, 1.165) is 43.6 Å². The summed E-state index contributed by atoms with van der Waals surface area (Å²) in [5.41, 5.74) is 1.84. The van der Waals surface area contributed by atoms with Crippen LogP contribution in [0.4, 0.5) is 0 Å². The van der Waals surface area contributed by atoms with E-state index in [0.29, 0.717) is 5.02 Å². The lowest BCUT2D eigenvalue weighted by molar-refractivity contribution is -0.126.